The minimum absolute atomic E-state index is 0.0192. The Hall–Kier alpha value is -2.67. The minimum atomic E-state index is -0.920. The lowest BCUT2D eigenvalue weighted by Gasteiger charge is -2.61. The largest absolute Gasteiger partial charge is 0.459 e. The molecule has 0 unspecified atom stereocenters. The van der Waals surface area contributed by atoms with Gasteiger partial charge in [-0.3, -0.25) is 9.59 Å². The Morgan fingerprint density at radius 2 is 1.63 bits per heavy atom. The summed E-state index contributed by atoms with van der Waals surface area (Å²) in [6.07, 6.45) is 2.88. The Morgan fingerprint density at radius 1 is 0.971 bits per heavy atom. The van der Waals surface area contributed by atoms with Crippen molar-refractivity contribution in [1.29, 1.82) is 0 Å². The normalized spacial score (nSPS) is 37.4. The van der Waals surface area contributed by atoms with Crippen LogP contribution >= 0.6 is 0 Å². The number of carbonyl (C=O) groups excluding carboxylic acids is 3. The lowest BCUT2D eigenvalue weighted by molar-refractivity contribution is -0.284. The van der Waals surface area contributed by atoms with Crippen molar-refractivity contribution in [2.45, 2.75) is 90.3 Å². The third-order valence-electron chi connectivity index (χ3n) is 8.45. The molecular weight excluding hydrogens is 448 g/mol. The molecule has 2 aliphatic carbocycles. The van der Waals surface area contributed by atoms with Crippen molar-refractivity contribution in [1.82, 2.24) is 0 Å². The lowest BCUT2D eigenvalue weighted by Crippen LogP contribution is -2.71. The van der Waals surface area contributed by atoms with Crippen molar-refractivity contribution in [3.05, 3.63) is 42.0 Å². The number of carbonyl (C=O) groups is 3. The van der Waals surface area contributed by atoms with E-state index in [1.165, 1.54) is 19.9 Å². The first-order valence-corrected chi connectivity index (χ1v) is 12.4. The average molecular weight is 485 g/mol. The van der Waals surface area contributed by atoms with Gasteiger partial charge in [-0.2, -0.15) is 0 Å². The molecular formula is C28H36O7. The van der Waals surface area contributed by atoms with E-state index >= 15 is 0 Å². The van der Waals surface area contributed by atoms with E-state index in [9.17, 15) is 14.4 Å². The van der Waals surface area contributed by atoms with E-state index in [1.54, 1.807) is 6.08 Å². The van der Waals surface area contributed by atoms with E-state index in [0.29, 0.717) is 12.8 Å². The van der Waals surface area contributed by atoms with Crippen molar-refractivity contribution in [2.24, 2.45) is 17.3 Å². The highest BCUT2D eigenvalue weighted by Crippen LogP contribution is 2.67. The van der Waals surface area contributed by atoms with E-state index in [4.69, 9.17) is 18.9 Å². The van der Waals surface area contributed by atoms with Crippen molar-refractivity contribution >= 4 is 24.0 Å². The zero-order valence-electron chi connectivity index (χ0n) is 21.4. The molecule has 0 amide bonds. The van der Waals surface area contributed by atoms with Gasteiger partial charge in [0.2, 0.25) is 0 Å². The van der Waals surface area contributed by atoms with Crippen LogP contribution in [0, 0.1) is 17.3 Å². The molecule has 1 aliphatic heterocycles. The van der Waals surface area contributed by atoms with E-state index in [-0.39, 0.29) is 11.8 Å². The van der Waals surface area contributed by atoms with E-state index < -0.39 is 52.8 Å². The number of hydrogen-bond donors (Lipinski definition) is 0. The predicted octanol–water partition coefficient (Wildman–Crippen LogP) is 4.48. The molecule has 1 aromatic rings. The van der Waals surface area contributed by atoms with Gasteiger partial charge in [-0.1, -0.05) is 37.3 Å². The number of rotatable bonds is 5. The van der Waals surface area contributed by atoms with Gasteiger partial charge < -0.3 is 18.9 Å². The molecule has 2 saturated carbocycles. The van der Waals surface area contributed by atoms with Gasteiger partial charge in [-0.05, 0) is 63.5 Å². The van der Waals surface area contributed by atoms with Crippen molar-refractivity contribution in [2.75, 3.05) is 0 Å². The van der Waals surface area contributed by atoms with Gasteiger partial charge in [-0.15, -0.1) is 0 Å². The molecule has 3 fully saturated rings. The number of esters is 3. The molecule has 7 nitrogen and oxygen atoms in total. The Bertz CT molecular complexity index is 1020. The van der Waals surface area contributed by atoms with Gasteiger partial charge in [0.1, 0.15) is 12.2 Å². The maximum absolute atomic E-state index is 13.0. The van der Waals surface area contributed by atoms with Gasteiger partial charge in [0, 0.05) is 19.9 Å². The molecule has 190 valence electrons. The molecule has 0 aromatic heterocycles. The molecule has 0 radical (unpaired) electrons. The lowest BCUT2D eigenvalue weighted by atomic mass is 9.49. The summed E-state index contributed by atoms with van der Waals surface area (Å²) in [6.45, 7) is 10.9. The third-order valence-corrected chi connectivity index (χ3v) is 8.45. The standard InChI is InChI=1S/C28H36O7/c1-17-14-22(32-18(2)29)25(33-19(3)30)27(6)23(15-21-16-28(17,27)35-26(21,4)5)34-24(31)13-12-20-10-8-7-9-11-20/h7-13,17,21-23,25H,14-16H2,1-6H3/b13-12-/t17-,21-,22+,23+,25+,27-,28+/m1/s1. The molecule has 1 spiro atoms. The average Bonchev–Trinajstić information content (AvgIpc) is 3.01. The first-order chi connectivity index (χ1) is 16.4. The zero-order valence-corrected chi connectivity index (χ0v) is 21.4. The van der Waals surface area contributed by atoms with Crippen LogP contribution in [-0.2, 0) is 33.3 Å². The van der Waals surface area contributed by atoms with Crippen molar-refractivity contribution in [3.63, 3.8) is 0 Å². The maximum atomic E-state index is 13.0. The van der Waals surface area contributed by atoms with E-state index in [1.807, 2.05) is 37.3 Å². The molecule has 0 N–H and O–H groups in total. The van der Waals surface area contributed by atoms with Crippen LogP contribution in [0.2, 0.25) is 0 Å². The van der Waals surface area contributed by atoms with Crippen LogP contribution in [0.15, 0.2) is 36.4 Å². The molecule has 7 atom stereocenters. The maximum Gasteiger partial charge on any atom is 0.331 e. The number of ether oxygens (including phenoxy) is 4. The quantitative estimate of drug-likeness (QED) is 0.346. The smallest absolute Gasteiger partial charge is 0.331 e. The van der Waals surface area contributed by atoms with Crippen LogP contribution in [-0.4, -0.2) is 47.4 Å². The summed E-state index contributed by atoms with van der Waals surface area (Å²) in [5.74, 6) is -1.25. The first kappa shape index (κ1) is 25.4. The highest BCUT2D eigenvalue weighted by atomic mass is 16.6. The fourth-order valence-electron chi connectivity index (χ4n) is 6.76. The van der Waals surface area contributed by atoms with Gasteiger partial charge >= 0.3 is 17.9 Å². The monoisotopic (exact) mass is 484 g/mol. The van der Waals surface area contributed by atoms with Crippen LogP contribution in [0.5, 0.6) is 0 Å². The first-order valence-electron chi connectivity index (χ1n) is 12.4. The van der Waals surface area contributed by atoms with Crippen molar-refractivity contribution < 1.29 is 33.3 Å². The highest BCUT2D eigenvalue weighted by molar-refractivity contribution is 5.87. The summed E-state index contributed by atoms with van der Waals surface area (Å²) in [4.78, 5) is 37.2. The van der Waals surface area contributed by atoms with Crippen molar-refractivity contribution in [3.8, 4) is 0 Å². The highest BCUT2D eigenvalue weighted by Gasteiger charge is 2.75. The van der Waals surface area contributed by atoms with E-state index in [0.717, 1.165) is 12.0 Å². The molecule has 3 aliphatic rings. The molecule has 35 heavy (non-hydrogen) atoms. The summed E-state index contributed by atoms with van der Waals surface area (Å²) in [5.41, 5.74) is -1.17. The minimum Gasteiger partial charge on any atom is -0.459 e. The fraction of sp³-hybridized carbons (Fsp3) is 0.607. The zero-order chi connectivity index (χ0) is 25.6. The van der Waals surface area contributed by atoms with Crippen LogP contribution in [0.4, 0.5) is 0 Å². The number of hydrogen-bond acceptors (Lipinski definition) is 7. The molecule has 1 saturated heterocycles. The second-order valence-electron chi connectivity index (χ2n) is 11.0. The van der Waals surface area contributed by atoms with E-state index in [2.05, 4.69) is 20.8 Å². The molecule has 1 aromatic carbocycles. The van der Waals surface area contributed by atoms with Crippen LogP contribution < -0.4 is 0 Å². The summed E-state index contributed by atoms with van der Waals surface area (Å²) in [7, 11) is 0. The predicted molar refractivity (Wildman–Crippen MR) is 129 cm³/mol. The Balaban J connectivity index is 1.73. The number of fused-ring (bicyclic) bond motifs is 1. The molecule has 1 heterocycles. The van der Waals surface area contributed by atoms with Crippen LogP contribution in [0.25, 0.3) is 6.08 Å². The molecule has 2 bridgehead atoms. The van der Waals surface area contributed by atoms with Crippen LogP contribution in [0.3, 0.4) is 0 Å². The second kappa shape index (κ2) is 9.08. The Kier molecular flexibility index (Phi) is 6.60. The summed E-state index contributed by atoms with van der Waals surface area (Å²) in [6, 6.07) is 9.52. The van der Waals surface area contributed by atoms with Gasteiger partial charge in [0.05, 0.1) is 16.6 Å². The van der Waals surface area contributed by atoms with Gasteiger partial charge in [-0.25, -0.2) is 4.79 Å². The molecule has 4 rings (SSSR count). The topological polar surface area (TPSA) is 88.1 Å². The third kappa shape index (κ3) is 4.39. The van der Waals surface area contributed by atoms with Gasteiger partial charge in [0.25, 0.3) is 0 Å². The SMILES string of the molecule is CC(=O)O[C@H]1C[C@@H](C)[C@@]23C[C@@H](C[C@H](OC(=O)/C=C\c4ccccc4)[C@]2(C)[C@H]1OC(C)=O)C(C)(C)O3. The molecule has 7 heteroatoms. The van der Waals surface area contributed by atoms with Crippen LogP contribution in [0.1, 0.15) is 66.4 Å². The summed E-state index contributed by atoms with van der Waals surface area (Å²) >= 11 is 0. The fourth-order valence-corrected chi connectivity index (χ4v) is 6.76. The summed E-state index contributed by atoms with van der Waals surface area (Å²) in [5, 5.41) is 0. The Morgan fingerprint density at radius 3 is 2.26 bits per heavy atom. The Labute approximate surface area is 207 Å². The second-order valence-corrected chi connectivity index (χ2v) is 11.0. The van der Waals surface area contributed by atoms with Gasteiger partial charge in [0.15, 0.2) is 6.10 Å². The summed E-state index contributed by atoms with van der Waals surface area (Å²) < 4.78 is 24.5. The number of benzene rings is 1.